The van der Waals surface area contributed by atoms with Gasteiger partial charge in [-0.15, -0.1) is 0 Å². The largest absolute Gasteiger partial charge is 0.370 e. The van der Waals surface area contributed by atoms with Gasteiger partial charge in [-0.05, 0) is 24.6 Å². The molecule has 1 fully saturated rings. The first-order valence-corrected chi connectivity index (χ1v) is 10.3. The number of nitrogens with one attached hydrogen (secondary N) is 2. The minimum atomic E-state index is 0.0441. The van der Waals surface area contributed by atoms with Gasteiger partial charge in [-0.1, -0.05) is 48.0 Å². The Balaban J connectivity index is 1.38. The first-order chi connectivity index (χ1) is 13.6. The first kappa shape index (κ1) is 20.8. The molecule has 5 nitrogen and oxygen atoms in total. The number of rotatable bonds is 8. The number of morpholine rings is 1. The van der Waals surface area contributed by atoms with Gasteiger partial charge in [0.1, 0.15) is 25.7 Å². The average Bonchev–Trinajstić information content (AvgIpc) is 2.73. The lowest BCUT2D eigenvalue weighted by Crippen LogP contribution is -3.12. The van der Waals surface area contributed by atoms with Crippen LogP contribution in [0.1, 0.15) is 29.7 Å². The zero-order valence-corrected chi connectivity index (χ0v) is 17.2. The number of carbonyl (C=O) groups is 1. The maximum absolute atomic E-state index is 12.2. The van der Waals surface area contributed by atoms with Gasteiger partial charge in [-0.2, -0.15) is 0 Å². The molecule has 3 rings (SSSR count). The minimum Gasteiger partial charge on any atom is -0.370 e. The van der Waals surface area contributed by atoms with E-state index in [0.29, 0.717) is 13.1 Å². The minimum absolute atomic E-state index is 0.0441. The normalized spacial score (nSPS) is 15.9. The van der Waals surface area contributed by atoms with E-state index in [0.717, 1.165) is 49.0 Å². The number of halogens is 1. The molecular weight excluding hydrogens is 374 g/mol. The molecule has 28 heavy (non-hydrogen) atoms. The van der Waals surface area contributed by atoms with E-state index in [4.69, 9.17) is 16.3 Å². The molecule has 1 heterocycles. The molecule has 150 valence electrons. The Kier molecular flexibility index (Phi) is 7.86. The summed E-state index contributed by atoms with van der Waals surface area (Å²) >= 11 is 5.92. The van der Waals surface area contributed by atoms with Crippen molar-refractivity contribution in [3.63, 3.8) is 0 Å². The molecule has 0 saturated carbocycles. The quantitative estimate of drug-likeness (QED) is 0.607. The molecular formula is C22H30ClN3O2+2. The van der Waals surface area contributed by atoms with Crippen molar-refractivity contribution in [3.05, 3.63) is 70.2 Å². The van der Waals surface area contributed by atoms with Crippen LogP contribution < -0.4 is 15.5 Å². The summed E-state index contributed by atoms with van der Waals surface area (Å²) in [7, 11) is 0. The van der Waals surface area contributed by atoms with Crippen molar-refractivity contribution < 1.29 is 19.7 Å². The second-order valence-electron chi connectivity index (χ2n) is 7.41. The van der Waals surface area contributed by atoms with E-state index >= 15 is 0 Å². The third-order valence-corrected chi connectivity index (χ3v) is 5.47. The van der Waals surface area contributed by atoms with E-state index in [1.807, 2.05) is 29.6 Å². The van der Waals surface area contributed by atoms with Crippen LogP contribution in [-0.4, -0.2) is 38.8 Å². The summed E-state index contributed by atoms with van der Waals surface area (Å²) in [6.45, 7) is 7.94. The summed E-state index contributed by atoms with van der Waals surface area (Å²) in [6.07, 6.45) is 0. The summed E-state index contributed by atoms with van der Waals surface area (Å²) in [5, 5.41) is 5.77. The Hall–Kier alpha value is -1.92. The highest BCUT2D eigenvalue weighted by molar-refractivity contribution is 6.30. The molecule has 0 aliphatic carbocycles. The molecule has 4 N–H and O–H groups in total. The third kappa shape index (κ3) is 6.60. The van der Waals surface area contributed by atoms with Crippen LogP contribution in [0, 0.1) is 0 Å². The molecule has 1 amide bonds. The SMILES string of the molecule is C[C@H]([NH2+]CC(=O)NCc1ccc(C[NH+]2CCOCC2)cc1)c1ccc(Cl)cc1. The van der Waals surface area contributed by atoms with Gasteiger partial charge < -0.3 is 20.3 Å². The van der Waals surface area contributed by atoms with Gasteiger partial charge in [0, 0.05) is 22.7 Å². The van der Waals surface area contributed by atoms with E-state index in [1.165, 1.54) is 5.56 Å². The zero-order chi connectivity index (χ0) is 19.8. The summed E-state index contributed by atoms with van der Waals surface area (Å²) in [5.74, 6) is 0.0441. The Morgan fingerprint density at radius 2 is 1.75 bits per heavy atom. The molecule has 1 aliphatic rings. The number of nitrogens with two attached hydrogens (primary N) is 1. The lowest BCUT2D eigenvalue weighted by molar-refractivity contribution is -0.921. The summed E-state index contributed by atoms with van der Waals surface area (Å²) in [5.41, 5.74) is 3.62. The molecule has 1 aliphatic heterocycles. The van der Waals surface area contributed by atoms with Crippen molar-refractivity contribution in [3.8, 4) is 0 Å². The Morgan fingerprint density at radius 3 is 2.43 bits per heavy atom. The summed E-state index contributed by atoms with van der Waals surface area (Å²) in [6, 6.07) is 16.5. The monoisotopic (exact) mass is 403 g/mol. The average molecular weight is 404 g/mol. The van der Waals surface area contributed by atoms with E-state index in [-0.39, 0.29) is 11.9 Å². The van der Waals surface area contributed by atoms with Crippen molar-refractivity contribution in [2.24, 2.45) is 0 Å². The summed E-state index contributed by atoms with van der Waals surface area (Å²) < 4.78 is 5.41. The van der Waals surface area contributed by atoms with E-state index in [9.17, 15) is 4.79 Å². The van der Waals surface area contributed by atoms with Crippen molar-refractivity contribution in [1.82, 2.24) is 5.32 Å². The highest BCUT2D eigenvalue weighted by atomic mass is 35.5. The molecule has 0 unspecified atom stereocenters. The highest BCUT2D eigenvalue weighted by Crippen LogP contribution is 2.13. The fourth-order valence-electron chi connectivity index (χ4n) is 3.36. The van der Waals surface area contributed by atoms with Crippen LogP contribution in [0.15, 0.2) is 48.5 Å². The van der Waals surface area contributed by atoms with Crippen LogP contribution in [0.2, 0.25) is 5.02 Å². The van der Waals surface area contributed by atoms with Crippen molar-refractivity contribution >= 4 is 17.5 Å². The molecule has 0 bridgehead atoms. The van der Waals surface area contributed by atoms with Crippen LogP contribution in [-0.2, 0) is 22.6 Å². The van der Waals surface area contributed by atoms with Crippen LogP contribution in [0.4, 0.5) is 0 Å². The smallest absolute Gasteiger partial charge is 0.275 e. The number of hydrogen-bond donors (Lipinski definition) is 3. The predicted molar refractivity (Wildman–Crippen MR) is 110 cm³/mol. The molecule has 1 atom stereocenters. The second kappa shape index (κ2) is 10.6. The van der Waals surface area contributed by atoms with Gasteiger partial charge in [-0.25, -0.2) is 0 Å². The fraction of sp³-hybridized carbons (Fsp3) is 0.409. The zero-order valence-electron chi connectivity index (χ0n) is 16.4. The molecule has 1 saturated heterocycles. The van der Waals surface area contributed by atoms with Crippen molar-refractivity contribution in [2.45, 2.75) is 26.1 Å². The van der Waals surface area contributed by atoms with E-state index < -0.39 is 0 Å². The summed E-state index contributed by atoms with van der Waals surface area (Å²) in [4.78, 5) is 13.7. The van der Waals surface area contributed by atoms with Gasteiger partial charge in [0.2, 0.25) is 0 Å². The standard InChI is InChI=1S/C22H28ClN3O2/c1-17(20-6-8-21(23)9-7-20)24-15-22(27)25-14-18-2-4-19(5-3-18)16-26-10-12-28-13-11-26/h2-9,17,24H,10-16H2,1H3,(H,25,27)/p+2/t17-/m0/s1. The molecule has 0 aromatic heterocycles. The Labute approximate surface area is 172 Å². The fourth-order valence-corrected chi connectivity index (χ4v) is 3.49. The Morgan fingerprint density at radius 1 is 1.11 bits per heavy atom. The van der Waals surface area contributed by atoms with Gasteiger partial charge in [0.15, 0.2) is 6.54 Å². The topological polar surface area (TPSA) is 59.4 Å². The lowest BCUT2D eigenvalue weighted by atomic mass is 10.1. The molecule has 2 aromatic carbocycles. The van der Waals surface area contributed by atoms with E-state index in [1.54, 1.807) is 4.90 Å². The highest BCUT2D eigenvalue weighted by Gasteiger charge is 2.14. The van der Waals surface area contributed by atoms with Gasteiger partial charge >= 0.3 is 0 Å². The lowest BCUT2D eigenvalue weighted by Gasteiger charge is -2.23. The van der Waals surface area contributed by atoms with Crippen molar-refractivity contribution in [1.29, 1.82) is 0 Å². The van der Waals surface area contributed by atoms with Crippen molar-refractivity contribution in [2.75, 3.05) is 32.8 Å². The molecule has 0 radical (unpaired) electrons. The first-order valence-electron chi connectivity index (χ1n) is 9.95. The number of carbonyl (C=O) groups excluding carboxylic acids is 1. The van der Waals surface area contributed by atoms with Crippen LogP contribution >= 0.6 is 11.6 Å². The Bertz CT molecular complexity index is 743. The van der Waals surface area contributed by atoms with Gasteiger partial charge in [0.05, 0.1) is 13.2 Å². The van der Waals surface area contributed by atoms with Crippen LogP contribution in [0.5, 0.6) is 0 Å². The van der Waals surface area contributed by atoms with Gasteiger partial charge in [-0.3, -0.25) is 4.79 Å². The second-order valence-corrected chi connectivity index (χ2v) is 7.85. The number of quaternary nitrogens is 2. The number of amides is 1. The number of ether oxygens (including phenoxy) is 1. The number of benzene rings is 2. The van der Waals surface area contributed by atoms with Crippen LogP contribution in [0.25, 0.3) is 0 Å². The van der Waals surface area contributed by atoms with Crippen LogP contribution in [0.3, 0.4) is 0 Å². The predicted octanol–water partition coefficient (Wildman–Crippen LogP) is 0.696. The molecule has 6 heteroatoms. The number of hydrogen-bond acceptors (Lipinski definition) is 2. The maximum Gasteiger partial charge on any atom is 0.275 e. The van der Waals surface area contributed by atoms with Gasteiger partial charge in [0.25, 0.3) is 5.91 Å². The third-order valence-electron chi connectivity index (χ3n) is 5.22. The molecule has 2 aromatic rings. The van der Waals surface area contributed by atoms with E-state index in [2.05, 4.69) is 36.5 Å². The molecule has 0 spiro atoms. The maximum atomic E-state index is 12.2.